The van der Waals surface area contributed by atoms with Crippen molar-refractivity contribution in [2.75, 3.05) is 6.54 Å². The summed E-state index contributed by atoms with van der Waals surface area (Å²) in [5.74, 6) is 0. The lowest BCUT2D eigenvalue weighted by atomic mass is 10.1. The molecule has 1 aromatic rings. The molecule has 0 radical (unpaired) electrons. The average molecular weight is 209 g/mol. The molecule has 1 rings (SSSR count). The minimum atomic E-state index is 0.648. The van der Waals surface area contributed by atoms with Crippen LogP contribution in [0.5, 0.6) is 0 Å². The molecule has 0 saturated carbocycles. The van der Waals surface area contributed by atoms with Crippen molar-refractivity contribution in [2.45, 2.75) is 52.6 Å². The van der Waals surface area contributed by atoms with Crippen LogP contribution in [0.1, 0.15) is 39.3 Å². The first-order chi connectivity index (χ1) is 7.31. The Morgan fingerprint density at radius 3 is 2.80 bits per heavy atom. The Balaban J connectivity index is 2.41. The summed E-state index contributed by atoms with van der Waals surface area (Å²) in [6.07, 6.45) is 5.43. The molecule has 1 N–H and O–H groups in total. The van der Waals surface area contributed by atoms with Gasteiger partial charge in [-0.05, 0) is 38.8 Å². The summed E-state index contributed by atoms with van der Waals surface area (Å²) in [6.45, 7) is 8.58. The van der Waals surface area contributed by atoms with Crippen molar-refractivity contribution in [3.63, 3.8) is 0 Å². The van der Waals surface area contributed by atoms with Crippen LogP contribution in [0, 0.1) is 0 Å². The van der Waals surface area contributed by atoms with E-state index >= 15 is 0 Å². The highest BCUT2D eigenvalue weighted by Crippen LogP contribution is 2.07. The van der Waals surface area contributed by atoms with Gasteiger partial charge in [0.1, 0.15) is 0 Å². The number of nitrogens with zero attached hydrogens (tertiary/aromatic N) is 2. The normalized spacial score (nSPS) is 13.0. The van der Waals surface area contributed by atoms with E-state index in [9.17, 15) is 0 Å². The predicted octanol–water partition coefficient (Wildman–Crippen LogP) is 2.22. The average Bonchev–Trinajstić information content (AvgIpc) is 2.71. The molecule has 3 nitrogen and oxygen atoms in total. The monoisotopic (exact) mass is 209 g/mol. The Bertz CT molecular complexity index is 268. The topological polar surface area (TPSA) is 29.9 Å². The summed E-state index contributed by atoms with van der Waals surface area (Å²) in [6, 6.07) is 2.78. The second-order valence-electron chi connectivity index (χ2n) is 3.84. The van der Waals surface area contributed by atoms with Crippen LogP contribution in [0.4, 0.5) is 0 Å². The molecule has 0 spiro atoms. The molecule has 1 heterocycles. The van der Waals surface area contributed by atoms with E-state index in [0.717, 1.165) is 19.5 Å². The third-order valence-electron chi connectivity index (χ3n) is 2.84. The summed E-state index contributed by atoms with van der Waals surface area (Å²) in [5, 5.41) is 7.78. The molecule has 0 aliphatic heterocycles. The maximum Gasteiger partial charge on any atom is 0.0492 e. The molecule has 0 aliphatic carbocycles. The summed E-state index contributed by atoms with van der Waals surface area (Å²) in [7, 11) is 0. The van der Waals surface area contributed by atoms with E-state index in [1.807, 2.05) is 6.20 Å². The molecule has 0 aliphatic rings. The standard InChI is InChI=1S/C12H23N3/c1-4-11(13-5-2)7-8-12-9-10-14-15(12)6-3/h9-11,13H,4-8H2,1-3H3. The lowest BCUT2D eigenvalue weighted by molar-refractivity contribution is 0.471. The lowest BCUT2D eigenvalue weighted by Gasteiger charge is -2.15. The van der Waals surface area contributed by atoms with E-state index in [4.69, 9.17) is 0 Å². The zero-order valence-electron chi connectivity index (χ0n) is 10.2. The molecule has 0 bridgehead atoms. The van der Waals surface area contributed by atoms with Gasteiger partial charge in [0.05, 0.1) is 0 Å². The lowest BCUT2D eigenvalue weighted by Crippen LogP contribution is -2.28. The van der Waals surface area contributed by atoms with E-state index in [1.165, 1.54) is 18.5 Å². The van der Waals surface area contributed by atoms with Crippen LogP contribution in [-0.2, 0) is 13.0 Å². The van der Waals surface area contributed by atoms with Gasteiger partial charge in [-0.25, -0.2) is 0 Å². The molecule has 86 valence electrons. The van der Waals surface area contributed by atoms with Crippen LogP contribution >= 0.6 is 0 Å². The molecule has 0 fully saturated rings. The van der Waals surface area contributed by atoms with E-state index in [0.29, 0.717) is 6.04 Å². The minimum Gasteiger partial charge on any atom is -0.314 e. The van der Waals surface area contributed by atoms with Crippen LogP contribution < -0.4 is 5.32 Å². The van der Waals surface area contributed by atoms with Gasteiger partial charge in [0.15, 0.2) is 0 Å². The zero-order valence-corrected chi connectivity index (χ0v) is 10.2. The first-order valence-corrected chi connectivity index (χ1v) is 6.05. The van der Waals surface area contributed by atoms with Gasteiger partial charge in [-0.1, -0.05) is 13.8 Å². The summed E-state index contributed by atoms with van der Waals surface area (Å²) >= 11 is 0. The minimum absolute atomic E-state index is 0.648. The maximum atomic E-state index is 4.28. The Morgan fingerprint density at radius 1 is 1.40 bits per heavy atom. The van der Waals surface area contributed by atoms with Crippen molar-refractivity contribution in [2.24, 2.45) is 0 Å². The van der Waals surface area contributed by atoms with Crippen molar-refractivity contribution in [3.8, 4) is 0 Å². The smallest absolute Gasteiger partial charge is 0.0492 e. The second-order valence-corrected chi connectivity index (χ2v) is 3.84. The van der Waals surface area contributed by atoms with Gasteiger partial charge in [0.25, 0.3) is 0 Å². The Labute approximate surface area is 92.9 Å². The highest BCUT2D eigenvalue weighted by atomic mass is 15.3. The molecule has 1 aromatic heterocycles. The van der Waals surface area contributed by atoms with Crippen LogP contribution in [0.15, 0.2) is 12.3 Å². The molecule has 3 heteroatoms. The third kappa shape index (κ3) is 3.67. The number of hydrogen-bond acceptors (Lipinski definition) is 2. The number of aryl methyl sites for hydroxylation is 2. The zero-order chi connectivity index (χ0) is 11.1. The van der Waals surface area contributed by atoms with Gasteiger partial charge in [0, 0.05) is 24.5 Å². The molecule has 1 unspecified atom stereocenters. The van der Waals surface area contributed by atoms with Crippen LogP contribution in [0.3, 0.4) is 0 Å². The fourth-order valence-electron chi connectivity index (χ4n) is 1.92. The Kier molecular flexibility index (Phi) is 5.40. The van der Waals surface area contributed by atoms with Crippen LogP contribution in [0.25, 0.3) is 0 Å². The summed E-state index contributed by atoms with van der Waals surface area (Å²) in [5.41, 5.74) is 1.36. The van der Waals surface area contributed by atoms with Gasteiger partial charge in [-0.2, -0.15) is 5.10 Å². The summed E-state index contributed by atoms with van der Waals surface area (Å²) in [4.78, 5) is 0. The first kappa shape index (κ1) is 12.2. The summed E-state index contributed by atoms with van der Waals surface area (Å²) < 4.78 is 2.08. The molecular weight excluding hydrogens is 186 g/mol. The largest absolute Gasteiger partial charge is 0.314 e. The SMILES string of the molecule is CCNC(CC)CCc1ccnn1CC. The van der Waals surface area contributed by atoms with E-state index in [-0.39, 0.29) is 0 Å². The fourth-order valence-corrected chi connectivity index (χ4v) is 1.92. The molecule has 0 saturated heterocycles. The molecular formula is C12H23N3. The van der Waals surface area contributed by atoms with Gasteiger partial charge in [-0.15, -0.1) is 0 Å². The molecule has 1 atom stereocenters. The molecule has 0 amide bonds. The third-order valence-corrected chi connectivity index (χ3v) is 2.84. The van der Waals surface area contributed by atoms with E-state index in [1.54, 1.807) is 0 Å². The van der Waals surface area contributed by atoms with Crippen molar-refractivity contribution in [1.29, 1.82) is 0 Å². The van der Waals surface area contributed by atoms with E-state index in [2.05, 4.69) is 41.9 Å². The van der Waals surface area contributed by atoms with Crippen LogP contribution in [0.2, 0.25) is 0 Å². The van der Waals surface area contributed by atoms with Crippen molar-refractivity contribution >= 4 is 0 Å². The Morgan fingerprint density at radius 2 is 2.20 bits per heavy atom. The van der Waals surface area contributed by atoms with Crippen molar-refractivity contribution in [1.82, 2.24) is 15.1 Å². The van der Waals surface area contributed by atoms with Crippen molar-refractivity contribution < 1.29 is 0 Å². The number of rotatable bonds is 7. The fraction of sp³-hybridized carbons (Fsp3) is 0.750. The highest BCUT2D eigenvalue weighted by molar-refractivity contribution is 5.01. The van der Waals surface area contributed by atoms with Crippen LogP contribution in [-0.4, -0.2) is 22.4 Å². The Hall–Kier alpha value is -0.830. The van der Waals surface area contributed by atoms with Gasteiger partial charge in [-0.3, -0.25) is 4.68 Å². The first-order valence-electron chi connectivity index (χ1n) is 6.05. The van der Waals surface area contributed by atoms with Gasteiger partial charge in [0.2, 0.25) is 0 Å². The highest BCUT2D eigenvalue weighted by Gasteiger charge is 2.06. The number of aromatic nitrogens is 2. The van der Waals surface area contributed by atoms with Gasteiger partial charge < -0.3 is 5.32 Å². The maximum absolute atomic E-state index is 4.28. The predicted molar refractivity (Wildman–Crippen MR) is 64.0 cm³/mol. The van der Waals surface area contributed by atoms with E-state index < -0.39 is 0 Å². The number of nitrogens with one attached hydrogen (secondary N) is 1. The second kappa shape index (κ2) is 6.62. The molecule has 0 aromatic carbocycles. The van der Waals surface area contributed by atoms with Crippen molar-refractivity contribution in [3.05, 3.63) is 18.0 Å². The molecule has 15 heavy (non-hydrogen) atoms. The number of hydrogen-bond donors (Lipinski definition) is 1. The van der Waals surface area contributed by atoms with Gasteiger partial charge >= 0.3 is 0 Å². The quantitative estimate of drug-likeness (QED) is 0.746.